The normalized spacial score (nSPS) is 11.3. The van der Waals surface area contributed by atoms with E-state index in [1.807, 2.05) is 0 Å². The van der Waals surface area contributed by atoms with Crippen LogP contribution in [-0.2, 0) is 0 Å². The number of pyridine rings is 1. The van der Waals surface area contributed by atoms with Gasteiger partial charge in [0.05, 0.1) is 6.20 Å². The second-order valence-corrected chi connectivity index (χ2v) is 4.93. The van der Waals surface area contributed by atoms with Gasteiger partial charge in [-0.2, -0.15) is 0 Å². The van der Waals surface area contributed by atoms with Crippen molar-refractivity contribution in [3.8, 4) is 0 Å². The summed E-state index contributed by atoms with van der Waals surface area (Å²) >= 11 is 0. The van der Waals surface area contributed by atoms with Crippen LogP contribution in [0.4, 0.5) is 11.5 Å². The van der Waals surface area contributed by atoms with E-state index in [-0.39, 0.29) is 10.9 Å². The molecule has 90 valence electrons. The molecule has 0 aliphatic heterocycles. The van der Waals surface area contributed by atoms with Gasteiger partial charge in [0.25, 0.3) is 0 Å². The molecular weight excluding hydrogens is 206 g/mol. The van der Waals surface area contributed by atoms with Crippen molar-refractivity contribution in [1.82, 2.24) is 4.98 Å². The summed E-state index contributed by atoms with van der Waals surface area (Å²) in [7, 11) is 0. The lowest BCUT2D eigenvalue weighted by atomic mass is 9.92. The maximum Gasteiger partial charge on any atom is 0.126 e. The first kappa shape index (κ1) is 12.7. The van der Waals surface area contributed by atoms with E-state index in [9.17, 15) is 0 Å². The summed E-state index contributed by atoms with van der Waals surface area (Å²) in [5, 5.41) is 20.7. The second-order valence-electron chi connectivity index (χ2n) is 4.93. The minimum absolute atomic E-state index is 0.0476. The monoisotopic (exact) mass is 225 g/mol. The molecule has 0 amide bonds. The van der Waals surface area contributed by atoms with Gasteiger partial charge in [-0.15, -0.1) is 5.23 Å². The molecule has 0 radical (unpaired) electrons. The van der Waals surface area contributed by atoms with Crippen LogP contribution < -0.4 is 10.5 Å². The highest BCUT2D eigenvalue weighted by atomic mass is 16.8. The van der Waals surface area contributed by atoms with Crippen molar-refractivity contribution in [3.63, 3.8) is 0 Å². The topological polar surface area (TPSA) is 68.6 Å². The Kier molecular flexibility index (Phi) is 4.09. The predicted molar refractivity (Wildman–Crippen MR) is 62.9 cm³/mol. The highest BCUT2D eigenvalue weighted by molar-refractivity contribution is 5.45. The van der Waals surface area contributed by atoms with Crippen LogP contribution in [0.3, 0.4) is 0 Å². The lowest BCUT2D eigenvalue weighted by Crippen LogP contribution is -2.14. The fourth-order valence-corrected chi connectivity index (χ4v) is 1.17. The van der Waals surface area contributed by atoms with Gasteiger partial charge in [-0.25, -0.2) is 4.98 Å². The van der Waals surface area contributed by atoms with E-state index < -0.39 is 0 Å². The van der Waals surface area contributed by atoms with Crippen LogP contribution in [0, 0.1) is 5.41 Å². The Bertz CT molecular complexity index is 317. The van der Waals surface area contributed by atoms with Gasteiger partial charge in [-0.05, 0) is 24.0 Å². The summed E-state index contributed by atoms with van der Waals surface area (Å²) in [6.07, 6.45) is 2.43. The molecule has 0 saturated heterocycles. The molecule has 0 fully saturated rings. The third kappa shape index (κ3) is 4.46. The average molecular weight is 225 g/mol. The van der Waals surface area contributed by atoms with E-state index in [4.69, 9.17) is 10.4 Å². The van der Waals surface area contributed by atoms with Crippen LogP contribution in [0.25, 0.3) is 0 Å². The minimum Gasteiger partial charge on any atom is -0.370 e. The van der Waals surface area contributed by atoms with Crippen molar-refractivity contribution in [3.05, 3.63) is 18.3 Å². The van der Waals surface area contributed by atoms with Gasteiger partial charge in [0.15, 0.2) is 0 Å². The Morgan fingerprint density at radius 1 is 1.31 bits per heavy atom. The molecule has 0 saturated carbocycles. The molecule has 0 unspecified atom stereocenters. The summed E-state index contributed by atoms with van der Waals surface area (Å²) in [6.45, 7) is 7.39. The van der Waals surface area contributed by atoms with Crippen molar-refractivity contribution >= 4 is 11.5 Å². The Hall–Kier alpha value is -1.33. The molecule has 1 heterocycles. The molecule has 0 aromatic carbocycles. The van der Waals surface area contributed by atoms with Gasteiger partial charge in [0.1, 0.15) is 11.5 Å². The van der Waals surface area contributed by atoms with Crippen LogP contribution in [0.15, 0.2) is 18.3 Å². The molecule has 16 heavy (non-hydrogen) atoms. The highest BCUT2D eigenvalue weighted by Gasteiger charge is 2.09. The van der Waals surface area contributed by atoms with Gasteiger partial charge >= 0.3 is 0 Å². The summed E-state index contributed by atoms with van der Waals surface area (Å²) < 4.78 is 0. The number of hydrogen-bond donors (Lipinski definition) is 3. The van der Waals surface area contributed by atoms with E-state index in [1.54, 1.807) is 12.1 Å². The van der Waals surface area contributed by atoms with Crippen LogP contribution in [0.5, 0.6) is 0 Å². The number of hydrogen-bond acceptors (Lipinski definition) is 5. The lowest BCUT2D eigenvalue weighted by molar-refractivity contribution is 0.0290. The molecular formula is C11H19N3O2. The SMILES string of the molecule is CC(C)(C)CCNc1ccc(N(O)O)cn1. The van der Waals surface area contributed by atoms with Crippen LogP contribution in [0.2, 0.25) is 0 Å². The summed E-state index contributed by atoms with van der Waals surface area (Å²) in [5.74, 6) is 0.731. The quantitative estimate of drug-likeness (QED) is 0.687. The third-order valence-corrected chi connectivity index (χ3v) is 2.16. The molecule has 5 nitrogen and oxygen atoms in total. The van der Waals surface area contributed by atoms with Gasteiger partial charge in [-0.1, -0.05) is 20.8 Å². The van der Waals surface area contributed by atoms with Crippen molar-refractivity contribution in [2.45, 2.75) is 27.2 Å². The molecule has 1 aromatic heterocycles. The molecule has 0 bridgehead atoms. The van der Waals surface area contributed by atoms with E-state index in [0.717, 1.165) is 18.8 Å². The van der Waals surface area contributed by atoms with Gasteiger partial charge < -0.3 is 5.32 Å². The highest BCUT2D eigenvalue weighted by Crippen LogP contribution is 2.18. The van der Waals surface area contributed by atoms with Crippen LogP contribution in [0.1, 0.15) is 27.2 Å². The molecule has 0 aliphatic rings. The Morgan fingerprint density at radius 3 is 2.44 bits per heavy atom. The third-order valence-electron chi connectivity index (χ3n) is 2.16. The Balaban J connectivity index is 2.44. The molecule has 1 aromatic rings. The van der Waals surface area contributed by atoms with Crippen LogP contribution >= 0.6 is 0 Å². The summed E-state index contributed by atoms with van der Waals surface area (Å²) in [6, 6.07) is 3.28. The molecule has 0 atom stereocenters. The maximum absolute atomic E-state index is 8.73. The van der Waals surface area contributed by atoms with Crippen molar-refractivity contribution in [2.75, 3.05) is 17.1 Å². The number of nitrogens with one attached hydrogen (secondary N) is 1. The van der Waals surface area contributed by atoms with Gasteiger partial charge in [0, 0.05) is 6.54 Å². The standard InChI is InChI=1S/C11H19N3O2/c1-11(2,3)6-7-12-10-5-4-9(8-13-10)14(15)16/h4-5,8,15-16H,6-7H2,1-3H3,(H,12,13). The summed E-state index contributed by atoms with van der Waals surface area (Å²) in [5.41, 5.74) is 0.529. The minimum atomic E-state index is 0.0476. The molecule has 0 spiro atoms. The van der Waals surface area contributed by atoms with Gasteiger partial charge in [-0.3, -0.25) is 10.4 Å². The van der Waals surface area contributed by atoms with Crippen LogP contribution in [-0.4, -0.2) is 21.9 Å². The van der Waals surface area contributed by atoms with E-state index in [0.29, 0.717) is 5.41 Å². The Labute approximate surface area is 95.6 Å². The van der Waals surface area contributed by atoms with Crippen molar-refractivity contribution in [2.24, 2.45) is 5.41 Å². The fraction of sp³-hybridized carbons (Fsp3) is 0.545. The number of nitrogens with zero attached hydrogens (tertiary/aromatic N) is 2. The number of anilines is 2. The Morgan fingerprint density at radius 2 is 2.00 bits per heavy atom. The van der Waals surface area contributed by atoms with Crippen molar-refractivity contribution in [1.29, 1.82) is 0 Å². The maximum atomic E-state index is 8.73. The molecule has 1 rings (SSSR count). The van der Waals surface area contributed by atoms with Gasteiger partial charge in [0.2, 0.25) is 0 Å². The zero-order valence-corrected chi connectivity index (χ0v) is 9.94. The number of rotatable bonds is 4. The van der Waals surface area contributed by atoms with Crippen molar-refractivity contribution < 1.29 is 10.4 Å². The molecule has 0 aliphatic carbocycles. The second kappa shape index (κ2) is 5.14. The summed E-state index contributed by atoms with van der Waals surface area (Å²) in [4.78, 5) is 4.05. The van der Waals surface area contributed by atoms with E-state index in [1.165, 1.54) is 6.20 Å². The molecule has 3 N–H and O–H groups in total. The fourth-order valence-electron chi connectivity index (χ4n) is 1.17. The first-order chi connectivity index (χ1) is 7.38. The zero-order chi connectivity index (χ0) is 12.2. The lowest BCUT2D eigenvalue weighted by Gasteiger charge is -2.18. The first-order valence-corrected chi connectivity index (χ1v) is 5.26. The van der Waals surface area contributed by atoms with E-state index >= 15 is 0 Å². The largest absolute Gasteiger partial charge is 0.370 e. The van der Waals surface area contributed by atoms with E-state index in [2.05, 4.69) is 31.1 Å². The molecule has 5 heteroatoms. The first-order valence-electron chi connectivity index (χ1n) is 5.26. The predicted octanol–water partition coefficient (Wildman–Crippen LogP) is 2.51. The smallest absolute Gasteiger partial charge is 0.126 e. The average Bonchev–Trinajstić information content (AvgIpc) is 2.16. The zero-order valence-electron chi connectivity index (χ0n) is 9.94. The number of aromatic nitrogens is 1.